The van der Waals surface area contributed by atoms with Crippen molar-refractivity contribution in [1.29, 1.82) is 0 Å². The Labute approximate surface area is 144 Å². The van der Waals surface area contributed by atoms with Gasteiger partial charge in [-0.15, -0.1) is 0 Å². The SMILES string of the molecule is Cc1cc(N2CCN(Cc3ccc(F)cc3)C(=O)C2)n2nccc2n1. The summed E-state index contributed by atoms with van der Waals surface area (Å²) < 4.78 is 14.8. The van der Waals surface area contributed by atoms with Crippen molar-refractivity contribution in [1.82, 2.24) is 19.5 Å². The molecular weight excluding hydrogens is 321 g/mol. The van der Waals surface area contributed by atoms with Crippen LogP contribution >= 0.6 is 0 Å². The molecule has 0 atom stereocenters. The van der Waals surface area contributed by atoms with Crippen LogP contribution in [0.25, 0.3) is 5.65 Å². The molecule has 1 aromatic carbocycles. The van der Waals surface area contributed by atoms with Crippen molar-refractivity contribution >= 4 is 17.4 Å². The number of carbonyl (C=O) groups excluding carboxylic acids is 1. The number of hydrogen-bond acceptors (Lipinski definition) is 4. The second kappa shape index (κ2) is 6.16. The minimum Gasteiger partial charge on any atom is -0.345 e. The van der Waals surface area contributed by atoms with Gasteiger partial charge in [-0.05, 0) is 24.6 Å². The van der Waals surface area contributed by atoms with Gasteiger partial charge in [-0.3, -0.25) is 4.79 Å². The molecule has 0 N–H and O–H groups in total. The predicted molar refractivity (Wildman–Crippen MR) is 91.8 cm³/mol. The molecule has 2 aromatic heterocycles. The first-order valence-electron chi connectivity index (χ1n) is 8.19. The van der Waals surface area contributed by atoms with Gasteiger partial charge in [-0.2, -0.15) is 9.61 Å². The van der Waals surface area contributed by atoms with E-state index in [0.29, 0.717) is 26.2 Å². The second-order valence-corrected chi connectivity index (χ2v) is 6.22. The number of amides is 1. The van der Waals surface area contributed by atoms with Crippen LogP contribution in [0.4, 0.5) is 10.2 Å². The van der Waals surface area contributed by atoms with Crippen LogP contribution in [0, 0.1) is 12.7 Å². The summed E-state index contributed by atoms with van der Waals surface area (Å²) in [6, 6.07) is 10.1. The first-order valence-corrected chi connectivity index (χ1v) is 8.19. The van der Waals surface area contributed by atoms with Crippen LogP contribution in [0.1, 0.15) is 11.3 Å². The third kappa shape index (κ3) is 3.05. The molecule has 3 aromatic rings. The third-order valence-electron chi connectivity index (χ3n) is 4.40. The van der Waals surface area contributed by atoms with Crippen LogP contribution in [0.2, 0.25) is 0 Å². The van der Waals surface area contributed by atoms with E-state index in [-0.39, 0.29) is 11.7 Å². The van der Waals surface area contributed by atoms with Gasteiger partial charge in [0, 0.05) is 37.5 Å². The van der Waals surface area contributed by atoms with Gasteiger partial charge in [0.25, 0.3) is 0 Å². The van der Waals surface area contributed by atoms with Crippen molar-refractivity contribution in [3.63, 3.8) is 0 Å². The molecule has 25 heavy (non-hydrogen) atoms. The molecule has 7 heteroatoms. The van der Waals surface area contributed by atoms with Gasteiger partial charge in [-0.25, -0.2) is 9.37 Å². The van der Waals surface area contributed by atoms with Crippen LogP contribution in [0.15, 0.2) is 42.6 Å². The molecule has 0 spiro atoms. The highest BCUT2D eigenvalue weighted by molar-refractivity contribution is 5.82. The Kier molecular flexibility index (Phi) is 3.83. The Morgan fingerprint density at radius 3 is 2.72 bits per heavy atom. The fourth-order valence-electron chi connectivity index (χ4n) is 3.13. The van der Waals surface area contributed by atoms with Gasteiger partial charge < -0.3 is 9.80 Å². The molecule has 1 aliphatic heterocycles. The van der Waals surface area contributed by atoms with Crippen LogP contribution in [0.5, 0.6) is 0 Å². The van der Waals surface area contributed by atoms with E-state index in [1.165, 1.54) is 12.1 Å². The maximum Gasteiger partial charge on any atom is 0.242 e. The maximum atomic E-state index is 13.0. The number of benzene rings is 1. The first kappa shape index (κ1) is 15.6. The molecule has 1 amide bonds. The zero-order valence-electron chi connectivity index (χ0n) is 13.9. The Bertz CT molecular complexity index is 921. The monoisotopic (exact) mass is 339 g/mol. The molecule has 0 aliphatic carbocycles. The molecule has 0 bridgehead atoms. The lowest BCUT2D eigenvalue weighted by Crippen LogP contribution is -2.50. The van der Waals surface area contributed by atoms with Crippen molar-refractivity contribution in [2.45, 2.75) is 13.5 Å². The summed E-state index contributed by atoms with van der Waals surface area (Å²) in [5.74, 6) is 0.656. The van der Waals surface area contributed by atoms with Gasteiger partial charge in [0.15, 0.2) is 5.65 Å². The Morgan fingerprint density at radius 2 is 1.96 bits per heavy atom. The summed E-state index contributed by atoms with van der Waals surface area (Å²) in [6.45, 7) is 4.05. The first-order chi connectivity index (χ1) is 12.1. The molecule has 1 fully saturated rings. The number of fused-ring (bicyclic) bond motifs is 1. The van der Waals surface area contributed by atoms with E-state index in [1.54, 1.807) is 27.7 Å². The van der Waals surface area contributed by atoms with Crippen molar-refractivity contribution in [3.8, 4) is 0 Å². The van der Waals surface area contributed by atoms with E-state index >= 15 is 0 Å². The average Bonchev–Trinajstić information content (AvgIpc) is 3.06. The average molecular weight is 339 g/mol. The molecular formula is C18H18FN5O. The molecule has 128 valence electrons. The van der Waals surface area contributed by atoms with Crippen molar-refractivity contribution in [2.75, 3.05) is 24.5 Å². The van der Waals surface area contributed by atoms with E-state index in [0.717, 1.165) is 22.7 Å². The number of rotatable bonds is 3. The zero-order chi connectivity index (χ0) is 17.4. The minimum atomic E-state index is -0.267. The van der Waals surface area contributed by atoms with Gasteiger partial charge in [0.05, 0.1) is 12.7 Å². The predicted octanol–water partition coefficient (Wildman–Crippen LogP) is 2.03. The number of anilines is 1. The lowest BCUT2D eigenvalue weighted by atomic mass is 10.2. The lowest BCUT2D eigenvalue weighted by molar-refractivity contribution is -0.131. The van der Waals surface area contributed by atoms with Crippen molar-refractivity contribution < 1.29 is 9.18 Å². The maximum absolute atomic E-state index is 13.0. The van der Waals surface area contributed by atoms with E-state index in [2.05, 4.69) is 10.1 Å². The summed E-state index contributed by atoms with van der Waals surface area (Å²) in [5.41, 5.74) is 2.60. The highest BCUT2D eigenvalue weighted by Crippen LogP contribution is 2.20. The smallest absolute Gasteiger partial charge is 0.242 e. The highest BCUT2D eigenvalue weighted by Gasteiger charge is 2.26. The van der Waals surface area contributed by atoms with Gasteiger partial charge in [0.2, 0.25) is 5.91 Å². The Hall–Kier alpha value is -2.96. The topological polar surface area (TPSA) is 53.7 Å². The molecule has 0 radical (unpaired) electrons. The Balaban J connectivity index is 1.52. The number of hydrogen-bond donors (Lipinski definition) is 0. The third-order valence-corrected chi connectivity index (χ3v) is 4.40. The summed E-state index contributed by atoms with van der Waals surface area (Å²) in [4.78, 5) is 20.8. The van der Waals surface area contributed by atoms with Crippen LogP contribution < -0.4 is 4.90 Å². The number of nitrogens with zero attached hydrogens (tertiary/aromatic N) is 5. The summed E-state index contributed by atoms with van der Waals surface area (Å²) in [7, 11) is 0. The van der Waals surface area contributed by atoms with E-state index in [9.17, 15) is 9.18 Å². The van der Waals surface area contributed by atoms with Crippen molar-refractivity contribution in [2.24, 2.45) is 0 Å². The van der Waals surface area contributed by atoms with Crippen LogP contribution in [0.3, 0.4) is 0 Å². The molecule has 4 rings (SSSR count). The fraction of sp³-hybridized carbons (Fsp3) is 0.278. The van der Waals surface area contributed by atoms with E-state index < -0.39 is 0 Å². The van der Waals surface area contributed by atoms with Gasteiger partial charge >= 0.3 is 0 Å². The molecule has 0 unspecified atom stereocenters. The summed E-state index contributed by atoms with van der Waals surface area (Å²) >= 11 is 0. The normalized spacial score (nSPS) is 15.2. The molecule has 0 saturated carbocycles. The number of piperazine rings is 1. The van der Waals surface area contributed by atoms with Crippen LogP contribution in [-0.4, -0.2) is 45.0 Å². The van der Waals surface area contributed by atoms with E-state index in [1.807, 2.05) is 24.0 Å². The van der Waals surface area contributed by atoms with Crippen LogP contribution in [-0.2, 0) is 11.3 Å². The van der Waals surface area contributed by atoms with Crippen molar-refractivity contribution in [3.05, 3.63) is 59.7 Å². The number of carbonyl (C=O) groups is 1. The Morgan fingerprint density at radius 1 is 1.16 bits per heavy atom. The number of aromatic nitrogens is 3. The molecule has 1 saturated heterocycles. The standard InChI is InChI=1S/C18H18FN5O/c1-13-10-17(24-16(21-13)6-7-20-24)22-8-9-23(18(25)12-22)11-14-2-4-15(19)5-3-14/h2-7,10H,8-9,11-12H2,1H3. The molecule has 1 aliphatic rings. The number of aryl methyl sites for hydroxylation is 1. The highest BCUT2D eigenvalue weighted by atomic mass is 19.1. The van der Waals surface area contributed by atoms with E-state index in [4.69, 9.17) is 0 Å². The summed E-state index contributed by atoms with van der Waals surface area (Å²) in [6.07, 6.45) is 1.71. The van der Waals surface area contributed by atoms with Gasteiger partial charge in [-0.1, -0.05) is 12.1 Å². The largest absolute Gasteiger partial charge is 0.345 e. The zero-order valence-corrected chi connectivity index (χ0v) is 13.9. The summed E-state index contributed by atoms with van der Waals surface area (Å²) in [5, 5.41) is 4.31. The number of halogens is 1. The molecule has 3 heterocycles. The molecule has 6 nitrogen and oxygen atoms in total. The second-order valence-electron chi connectivity index (χ2n) is 6.22. The minimum absolute atomic E-state index is 0.0466. The lowest BCUT2D eigenvalue weighted by Gasteiger charge is -2.35. The quantitative estimate of drug-likeness (QED) is 0.733. The van der Waals surface area contributed by atoms with Gasteiger partial charge in [0.1, 0.15) is 11.6 Å². The fourth-order valence-corrected chi connectivity index (χ4v) is 3.13.